The van der Waals surface area contributed by atoms with E-state index in [1.807, 2.05) is 62.4 Å². The second-order valence-corrected chi connectivity index (χ2v) is 7.27. The minimum Gasteiger partial charge on any atom is -0.457 e. The van der Waals surface area contributed by atoms with E-state index in [1.54, 1.807) is 4.90 Å². The number of benzene rings is 2. The number of hydrogen-bond donors (Lipinski definition) is 0. The van der Waals surface area contributed by atoms with Gasteiger partial charge < -0.3 is 19.1 Å². The molecule has 0 saturated carbocycles. The maximum atomic E-state index is 13.0. The van der Waals surface area contributed by atoms with E-state index in [4.69, 9.17) is 14.2 Å². The molecule has 0 unspecified atom stereocenters. The summed E-state index contributed by atoms with van der Waals surface area (Å²) in [5.41, 5.74) is 1.49. The average molecular weight is 381 g/mol. The number of morpholine rings is 1. The number of nitrogens with zero attached hydrogens (tertiary/aromatic N) is 1. The van der Waals surface area contributed by atoms with Gasteiger partial charge in [-0.2, -0.15) is 0 Å². The molecule has 146 valence electrons. The molecular weight excluding hydrogens is 358 g/mol. The molecular formula is C22H23NO5. The number of ether oxygens (including phenoxy) is 3. The molecule has 0 bridgehead atoms. The van der Waals surface area contributed by atoms with Crippen LogP contribution in [0.2, 0.25) is 0 Å². The van der Waals surface area contributed by atoms with Gasteiger partial charge in [-0.3, -0.25) is 9.59 Å². The number of amides is 1. The summed E-state index contributed by atoms with van der Waals surface area (Å²) < 4.78 is 17.0. The highest BCUT2D eigenvalue weighted by atomic mass is 16.5. The van der Waals surface area contributed by atoms with E-state index in [1.165, 1.54) is 0 Å². The van der Waals surface area contributed by atoms with Crippen LogP contribution in [0.15, 0.2) is 48.5 Å². The Balaban J connectivity index is 1.50. The molecule has 6 nitrogen and oxygen atoms in total. The van der Waals surface area contributed by atoms with E-state index in [0.717, 1.165) is 11.1 Å². The first kappa shape index (κ1) is 18.5. The Morgan fingerprint density at radius 1 is 0.964 bits per heavy atom. The van der Waals surface area contributed by atoms with Gasteiger partial charge in [-0.1, -0.05) is 36.4 Å². The molecule has 0 radical (unpaired) electrons. The zero-order valence-electron chi connectivity index (χ0n) is 16.0. The lowest BCUT2D eigenvalue weighted by Gasteiger charge is -2.35. The number of esters is 1. The standard InChI is InChI=1S/C22H23NO5/c1-14-11-23(12-15(2)27-14)20(24)13-26-22(25)21-16-7-3-5-9-18(16)28-19-10-6-4-8-17(19)21/h3-10,14-15,21H,11-13H2,1-2H3/t14-,15+. The van der Waals surface area contributed by atoms with E-state index < -0.39 is 11.9 Å². The fraction of sp³-hybridized carbons (Fsp3) is 0.364. The summed E-state index contributed by atoms with van der Waals surface area (Å²) in [6.45, 7) is 4.59. The van der Waals surface area contributed by atoms with Crippen molar-refractivity contribution in [1.82, 2.24) is 4.90 Å². The SMILES string of the molecule is C[C@@H]1CN(C(=O)COC(=O)C2c3ccccc3Oc3ccccc32)C[C@H](C)O1. The Hall–Kier alpha value is -2.86. The monoisotopic (exact) mass is 381 g/mol. The van der Waals surface area contributed by atoms with Gasteiger partial charge in [0.05, 0.1) is 12.2 Å². The van der Waals surface area contributed by atoms with E-state index in [0.29, 0.717) is 24.6 Å². The van der Waals surface area contributed by atoms with Crippen molar-refractivity contribution >= 4 is 11.9 Å². The van der Waals surface area contributed by atoms with Gasteiger partial charge in [-0.05, 0) is 26.0 Å². The van der Waals surface area contributed by atoms with Crippen molar-refractivity contribution in [3.05, 3.63) is 59.7 Å². The van der Waals surface area contributed by atoms with Crippen LogP contribution in [-0.4, -0.2) is 48.7 Å². The summed E-state index contributed by atoms with van der Waals surface area (Å²) in [5.74, 6) is -0.0121. The van der Waals surface area contributed by atoms with Crippen LogP contribution in [0.1, 0.15) is 30.9 Å². The summed E-state index contributed by atoms with van der Waals surface area (Å²) in [5, 5.41) is 0. The fourth-order valence-corrected chi connectivity index (χ4v) is 3.85. The van der Waals surface area contributed by atoms with Crippen molar-refractivity contribution in [1.29, 1.82) is 0 Å². The van der Waals surface area contributed by atoms with Gasteiger partial charge in [-0.25, -0.2) is 0 Å². The zero-order valence-corrected chi connectivity index (χ0v) is 16.0. The lowest BCUT2D eigenvalue weighted by Crippen LogP contribution is -2.49. The van der Waals surface area contributed by atoms with Gasteiger partial charge in [0.1, 0.15) is 17.4 Å². The molecule has 2 atom stereocenters. The Bertz CT molecular complexity index is 841. The largest absolute Gasteiger partial charge is 0.457 e. The number of rotatable bonds is 3. The predicted molar refractivity (Wildman–Crippen MR) is 102 cm³/mol. The summed E-state index contributed by atoms with van der Waals surface area (Å²) in [4.78, 5) is 27.2. The summed E-state index contributed by atoms with van der Waals surface area (Å²) in [6, 6.07) is 14.8. The van der Waals surface area contributed by atoms with E-state index in [2.05, 4.69) is 0 Å². The van der Waals surface area contributed by atoms with Crippen LogP contribution in [0.3, 0.4) is 0 Å². The van der Waals surface area contributed by atoms with Crippen LogP contribution in [-0.2, 0) is 19.1 Å². The molecule has 28 heavy (non-hydrogen) atoms. The average Bonchev–Trinajstić information content (AvgIpc) is 2.69. The Morgan fingerprint density at radius 2 is 1.50 bits per heavy atom. The van der Waals surface area contributed by atoms with Gasteiger partial charge in [0.2, 0.25) is 0 Å². The Kier molecular flexibility index (Phi) is 5.05. The van der Waals surface area contributed by atoms with Gasteiger partial charge in [0, 0.05) is 24.2 Å². The van der Waals surface area contributed by atoms with Crippen molar-refractivity contribution in [3.8, 4) is 11.5 Å². The molecule has 2 aromatic carbocycles. The van der Waals surface area contributed by atoms with Gasteiger partial charge in [0.15, 0.2) is 6.61 Å². The predicted octanol–water partition coefficient (Wildman–Crippen LogP) is 3.10. The van der Waals surface area contributed by atoms with Crippen LogP contribution < -0.4 is 4.74 Å². The highest BCUT2D eigenvalue weighted by molar-refractivity contribution is 5.87. The molecule has 4 rings (SSSR count). The Morgan fingerprint density at radius 3 is 2.07 bits per heavy atom. The van der Waals surface area contributed by atoms with Crippen LogP contribution >= 0.6 is 0 Å². The van der Waals surface area contributed by atoms with Crippen molar-refractivity contribution in [2.24, 2.45) is 0 Å². The normalized spacial score (nSPS) is 21.3. The minimum atomic E-state index is -0.614. The van der Waals surface area contributed by atoms with E-state index in [-0.39, 0.29) is 24.7 Å². The van der Waals surface area contributed by atoms with Crippen molar-refractivity contribution in [2.75, 3.05) is 19.7 Å². The van der Waals surface area contributed by atoms with Crippen LogP contribution in [0.5, 0.6) is 11.5 Å². The number of carbonyl (C=O) groups excluding carboxylic acids is 2. The highest BCUT2D eigenvalue weighted by Gasteiger charge is 2.34. The van der Waals surface area contributed by atoms with Gasteiger partial charge in [-0.15, -0.1) is 0 Å². The topological polar surface area (TPSA) is 65.1 Å². The maximum Gasteiger partial charge on any atom is 0.318 e. The lowest BCUT2D eigenvalue weighted by atomic mass is 9.88. The van der Waals surface area contributed by atoms with Gasteiger partial charge >= 0.3 is 5.97 Å². The first-order valence-corrected chi connectivity index (χ1v) is 9.48. The molecule has 0 spiro atoms. The van der Waals surface area contributed by atoms with Crippen LogP contribution in [0.25, 0.3) is 0 Å². The van der Waals surface area contributed by atoms with Crippen LogP contribution in [0, 0.1) is 0 Å². The third-order valence-electron chi connectivity index (χ3n) is 5.03. The first-order valence-electron chi connectivity index (χ1n) is 9.48. The number of fused-ring (bicyclic) bond motifs is 2. The molecule has 0 aromatic heterocycles. The second kappa shape index (κ2) is 7.64. The molecule has 6 heteroatoms. The van der Waals surface area contributed by atoms with Crippen molar-refractivity contribution in [3.63, 3.8) is 0 Å². The summed E-state index contributed by atoms with van der Waals surface area (Å²) in [6.07, 6.45) is -0.0599. The van der Waals surface area contributed by atoms with E-state index >= 15 is 0 Å². The fourth-order valence-electron chi connectivity index (χ4n) is 3.85. The third-order valence-corrected chi connectivity index (χ3v) is 5.03. The highest BCUT2D eigenvalue weighted by Crippen LogP contribution is 2.44. The van der Waals surface area contributed by atoms with Gasteiger partial charge in [0.25, 0.3) is 5.91 Å². The zero-order chi connectivity index (χ0) is 19.7. The van der Waals surface area contributed by atoms with Crippen molar-refractivity contribution < 1.29 is 23.8 Å². The molecule has 2 aliphatic heterocycles. The lowest BCUT2D eigenvalue weighted by molar-refractivity contribution is -0.157. The second-order valence-electron chi connectivity index (χ2n) is 7.27. The van der Waals surface area contributed by atoms with Crippen molar-refractivity contribution in [2.45, 2.75) is 32.0 Å². The maximum absolute atomic E-state index is 13.0. The quantitative estimate of drug-likeness (QED) is 0.765. The molecule has 0 aliphatic carbocycles. The third kappa shape index (κ3) is 3.60. The molecule has 1 saturated heterocycles. The van der Waals surface area contributed by atoms with Crippen LogP contribution in [0.4, 0.5) is 0 Å². The molecule has 1 amide bonds. The number of carbonyl (C=O) groups is 2. The summed E-state index contributed by atoms with van der Waals surface area (Å²) in [7, 11) is 0. The molecule has 2 aliphatic rings. The smallest absolute Gasteiger partial charge is 0.318 e. The Labute approximate surface area is 164 Å². The molecule has 2 aromatic rings. The molecule has 1 fully saturated rings. The molecule has 2 heterocycles. The number of para-hydroxylation sites is 2. The summed E-state index contributed by atoms with van der Waals surface area (Å²) >= 11 is 0. The first-order chi connectivity index (χ1) is 13.5. The van der Waals surface area contributed by atoms with E-state index in [9.17, 15) is 9.59 Å². The molecule has 0 N–H and O–H groups in total. The minimum absolute atomic E-state index is 0.0300. The number of hydrogen-bond acceptors (Lipinski definition) is 5.